The maximum absolute atomic E-state index is 11.7. The fourth-order valence-corrected chi connectivity index (χ4v) is 2.04. The molecular weight excluding hydrogens is 262 g/mol. The molecule has 0 heterocycles. The van der Waals surface area contributed by atoms with Gasteiger partial charge in [0.15, 0.2) is 0 Å². The van der Waals surface area contributed by atoms with E-state index >= 15 is 0 Å². The number of hydrogen-bond donors (Lipinski definition) is 1. The van der Waals surface area contributed by atoms with Crippen LogP contribution in [0.25, 0.3) is 0 Å². The van der Waals surface area contributed by atoms with Crippen molar-refractivity contribution in [2.24, 2.45) is 5.73 Å². The molecule has 0 rings (SSSR count). The maximum Gasteiger partial charge on any atom is 0.307 e. The van der Waals surface area contributed by atoms with Gasteiger partial charge >= 0.3 is 5.97 Å². The summed E-state index contributed by atoms with van der Waals surface area (Å²) in [5.41, 5.74) is 4.76. The van der Waals surface area contributed by atoms with E-state index in [2.05, 4.69) is 0 Å². The Bertz CT molecular complexity index is 262. The van der Waals surface area contributed by atoms with E-state index in [1.165, 1.54) is 0 Å². The lowest BCUT2D eigenvalue weighted by Gasteiger charge is -2.27. The number of esters is 1. The molecule has 0 saturated carbocycles. The van der Waals surface area contributed by atoms with Gasteiger partial charge in [0, 0.05) is 24.5 Å². The van der Waals surface area contributed by atoms with E-state index in [1.807, 2.05) is 34.6 Å². The Hall–Kier alpha value is -0.260. The number of thioether (sulfide) groups is 1. The van der Waals surface area contributed by atoms with Crippen molar-refractivity contribution in [2.75, 3.05) is 24.7 Å². The van der Waals surface area contributed by atoms with Crippen molar-refractivity contribution in [2.45, 2.75) is 58.7 Å². The first-order chi connectivity index (χ1) is 8.66. The van der Waals surface area contributed by atoms with Crippen molar-refractivity contribution in [3.63, 3.8) is 0 Å². The fraction of sp³-hybridized carbons (Fsp3) is 0.929. The predicted molar refractivity (Wildman–Crippen MR) is 81.5 cm³/mol. The second kappa shape index (κ2) is 8.82. The van der Waals surface area contributed by atoms with Crippen LogP contribution >= 0.6 is 11.8 Å². The lowest BCUT2D eigenvalue weighted by molar-refractivity contribution is -0.158. The molecule has 0 bridgehead atoms. The molecule has 2 N–H and O–H groups in total. The first-order valence-corrected chi connectivity index (χ1v) is 7.95. The summed E-state index contributed by atoms with van der Waals surface area (Å²) in [6.45, 7) is 11.1. The molecule has 0 aliphatic rings. The Morgan fingerprint density at radius 3 is 2.32 bits per heavy atom. The van der Waals surface area contributed by atoms with Crippen molar-refractivity contribution in [1.82, 2.24) is 0 Å². The summed E-state index contributed by atoms with van der Waals surface area (Å²) in [5.74, 6) is 1.51. The van der Waals surface area contributed by atoms with Gasteiger partial charge in [0.1, 0.15) is 5.60 Å². The lowest BCUT2D eigenvalue weighted by atomic mass is 10.1. The monoisotopic (exact) mass is 291 g/mol. The number of carbonyl (C=O) groups is 1. The Morgan fingerprint density at radius 1 is 1.16 bits per heavy atom. The molecule has 0 unspecified atom stereocenters. The molecule has 0 atom stereocenters. The second-order valence-corrected chi connectivity index (χ2v) is 7.32. The summed E-state index contributed by atoms with van der Waals surface area (Å²) >= 11 is 1.68. The van der Waals surface area contributed by atoms with E-state index in [0.717, 1.165) is 11.5 Å². The molecule has 5 heteroatoms. The van der Waals surface area contributed by atoms with Crippen LogP contribution in [0.3, 0.4) is 0 Å². The molecule has 0 saturated heterocycles. The van der Waals surface area contributed by atoms with Crippen LogP contribution in [0.2, 0.25) is 0 Å². The van der Waals surface area contributed by atoms with E-state index in [-0.39, 0.29) is 11.6 Å². The SMILES string of the molecule is CC(C)(C)OCCC(C)(C)OC(=O)CCSCCN. The van der Waals surface area contributed by atoms with Crippen LogP contribution in [0.1, 0.15) is 47.5 Å². The average Bonchev–Trinajstić information content (AvgIpc) is 2.21. The topological polar surface area (TPSA) is 61.5 Å². The standard InChI is InChI=1S/C14H29NO3S/c1-13(2,3)17-9-7-14(4,5)18-12(16)6-10-19-11-8-15/h6-11,15H2,1-5H3. The van der Waals surface area contributed by atoms with Crippen LogP contribution in [0.15, 0.2) is 0 Å². The van der Waals surface area contributed by atoms with Gasteiger partial charge in [-0.2, -0.15) is 11.8 Å². The summed E-state index contributed by atoms with van der Waals surface area (Å²) in [6.07, 6.45) is 1.14. The average molecular weight is 291 g/mol. The maximum atomic E-state index is 11.7. The fourth-order valence-electron chi connectivity index (χ4n) is 1.35. The first kappa shape index (κ1) is 18.7. The summed E-state index contributed by atoms with van der Waals surface area (Å²) in [5, 5.41) is 0. The molecule has 0 aromatic rings. The van der Waals surface area contributed by atoms with Crippen LogP contribution < -0.4 is 5.73 Å². The van der Waals surface area contributed by atoms with Crippen LogP contribution in [-0.4, -0.2) is 41.8 Å². The van der Waals surface area contributed by atoms with Crippen LogP contribution in [-0.2, 0) is 14.3 Å². The minimum absolute atomic E-state index is 0.148. The van der Waals surface area contributed by atoms with E-state index < -0.39 is 5.60 Å². The van der Waals surface area contributed by atoms with Gasteiger partial charge in [0.05, 0.1) is 18.6 Å². The smallest absolute Gasteiger partial charge is 0.307 e. The zero-order chi connectivity index (χ0) is 14.9. The van der Waals surface area contributed by atoms with Crippen molar-refractivity contribution in [3.8, 4) is 0 Å². The van der Waals surface area contributed by atoms with Crippen molar-refractivity contribution in [1.29, 1.82) is 0 Å². The first-order valence-electron chi connectivity index (χ1n) is 6.80. The second-order valence-electron chi connectivity index (χ2n) is 6.10. The molecule has 0 amide bonds. The number of hydrogen-bond acceptors (Lipinski definition) is 5. The third-order valence-electron chi connectivity index (χ3n) is 2.34. The summed E-state index contributed by atoms with van der Waals surface area (Å²) in [6, 6.07) is 0. The quantitative estimate of drug-likeness (QED) is 0.522. The molecule has 19 heavy (non-hydrogen) atoms. The number of rotatable bonds is 9. The Morgan fingerprint density at radius 2 is 1.79 bits per heavy atom. The molecular formula is C14H29NO3S. The zero-order valence-corrected chi connectivity index (χ0v) is 13.8. The van der Waals surface area contributed by atoms with Gasteiger partial charge in [-0.25, -0.2) is 0 Å². The van der Waals surface area contributed by atoms with Crippen LogP contribution in [0, 0.1) is 0 Å². The van der Waals surface area contributed by atoms with E-state index in [1.54, 1.807) is 11.8 Å². The predicted octanol–water partition coefficient (Wildman–Crippen LogP) is 2.60. The number of ether oxygens (including phenoxy) is 2. The number of nitrogens with two attached hydrogens (primary N) is 1. The minimum Gasteiger partial charge on any atom is -0.460 e. The van der Waals surface area contributed by atoms with Crippen LogP contribution in [0.4, 0.5) is 0 Å². The van der Waals surface area contributed by atoms with Gasteiger partial charge in [0.25, 0.3) is 0 Å². The van der Waals surface area contributed by atoms with Gasteiger partial charge in [0.2, 0.25) is 0 Å². The highest BCUT2D eigenvalue weighted by atomic mass is 32.2. The summed E-state index contributed by atoms with van der Waals surface area (Å²) in [4.78, 5) is 11.7. The largest absolute Gasteiger partial charge is 0.460 e. The van der Waals surface area contributed by atoms with E-state index in [0.29, 0.717) is 26.0 Å². The molecule has 4 nitrogen and oxygen atoms in total. The van der Waals surface area contributed by atoms with Gasteiger partial charge in [-0.1, -0.05) is 0 Å². The Labute approximate surface area is 121 Å². The van der Waals surface area contributed by atoms with Crippen molar-refractivity contribution >= 4 is 17.7 Å². The Kier molecular flexibility index (Phi) is 8.70. The van der Waals surface area contributed by atoms with Gasteiger partial charge in [-0.15, -0.1) is 0 Å². The van der Waals surface area contributed by atoms with Gasteiger partial charge < -0.3 is 15.2 Å². The molecule has 0 aliphatic carbocycles. The zero-order valence-electron chi connectivity index (χ0n) is 13.0. The molecule has 0 radical (unpaired) electrons. The molecule has 114 valence electrons. The number of carbonyl (C=O) groups excluding carboxylic acids is 1. The molecule has 0 aromatic heterocycles. The third kappa shape index (κ3) is 12.5. The normalized spacial score (nSPS) is 12.5. The summed E-state index contributed by atoms with van der Waals surface area (Å²) in [7, 11) is 0. The third-order valence-corrected chi connectivity index (χ3v) is 3.36. The Balaban J connectivity index is 3.84. The lowest BCUT2D eigenvalue weighted by Crippen LogP contribution is -2.31. The van der Waals surface area contributed by atoms with E-state index in [9.17, 15) is 4.79 Å². The highest BCUT2D eigenvalue weighted by molar-refractivity contribution is 7.99. The molecule has 0 fully saturated rings. The van der Waals surface area contributed by atoms with Gasteiger partial charge in [-0.3, -0.25) is 4.79 Å². The molecule has 0 spiro atoms. The van der Waals surface area contributed by atoms with Crippen molar-refractivity contribution in [3.05, 3.63) is 0 Å². The van der Waals surface area contributed by atoms with E-state index in [4.69, 9.17) is 15.2 Å². The van der Waals surface area contributed by atoms with Gasteiger partial charge in [-0.05, 0) is 34.6 Å². The highest BCUT2D eigenvalue weighted by Gasteiger charge is 2.23. The van der Waals surface area contributed by atoms with Crippen molar-refractivity contribution < 1.29 is 14.3 Å². The summed E-state index contributed by atoms with van der Waals surface area (Å²) < 4.78 is 11.1. The molecule has 0 aromatic carbocycles. The minimum atomic E-state index is -0.471. The van der Waals surface area contributed by atoms with Crippen LogP contribution in [0.5, 0.6) is 0 Å². The molecule has 0 aliphatic heterocycles. The highest BCUT2D eigenvalue weighted by Crippen LogP contribution is 2.18.